The molecule has 2 N–H and O–H groups in total. The summed E-state index contributed by atoms with van der Waals surface area (Å²) in [7, 11) is -7.39. The van der Waals surface area contributed by atoms with Crippen LogP contribution < -0.4 is 29.2 Å². The van der Waals surface area contributed by atoms with E-state index in [1.165, 1.54) is 28.3 Å². The third kappa shape index (κ3) is 20.4. The molecule has 0 saturated heterocycles. The fraction of sp³-hybridized carbons (Fsp3) is 0.0467. The van der Waals surface area contributed by atoms with E-state index in [2.05, 4.69) is 252 Å². The Kier molecular flexibility index (Phi) is 28.4. The van der Waals surface area contributed by atoms with E-state index in [1.54, 1.807) is 42.2 Å². The Morgan fingerprint density at radius 1 is 0.256 bits per heavy atom. The minimum absolute atomic E-state index is 0. The minimum atomic E-state index is -6.05. The average molecular weight is 1610 g/mol. The van der Waals surface area contributed by atoms with E-state index in [0.29, 0.717) is 28.1 Å². The molecule has 0 bridgehead atoms. The lowest BCUT2D eigenvalue weighted by Crippen LogP contribution is -2.29. The standard InChI is InChI=1S/C54H40N2.C44H33F3N2O3S.C6H7BO2.3CH4/c1-7-19-41(20-8-1)43-31-35-49(36-32-43)56(50-37-33-44(34-38-50)42-21-9-2-10-22-42)54-40-53(55(47-27-15-5-16-28-47)48-29-17-6-18-30-48)51(45-23-11-3-12-24-45)39-52(54)46-25-13-4-14-26-46;1-32-30-43(52-53(50,51)44(45,46)47)42(31-41(32)48(37-18-10-4-11-19-37)38-20-12-5-13-21-38)49(39-26-22-35(23-27-39)33-14-6-2-7-15-33)40-28-24-36(25-29-40)34-16-8-3-9-17-34;8-7(9)6-4-2-1-3-5-6;;;/h1-40H;2-31H,1H3;1-5,8-9H;3*1H4. The van der Waals surface area contributed by atoms with Crippen LogP contribution in [0.25, 0.3) is 66.8 Å². The zero-order chi connectivity index (χ0) is 81.2. The first-order valence-corrected chi connectivity index (χ1v) is 40.0. The van der Waals surface area contributed by atoms with Crippen molar-refractivity contribution in [2.45, 2.75) is 34.7 Å². The number of rotatable bonds is 21. The predicted octanol–water partition coefficient (Wildman–Crippen LogP) is 29.1. The maximum atomic E-state index is 13.9. The molecule has 0 radical (unpaired) electrons. The average Bonchev–Trinajstić information content (AvgIpc) is 0.767. The van der Waals surface area contributed by atoms with Crippen molar-refractivity contribution in [3.8, 4) is 72.5 Å². The van der Waals surface area contributed by atoms with E-state index in [0.717, 1.165) is 90.0 Å². The first kappa shape index (κ1) is 85.8. The number of hydrogen-bond acceptors (Lipinski definition) is 9. The van der Waals surface area contributed by atoms with Crippen LogP contribution in [0, 0.1) is 6.92 Å². The van der Waals surface area contributed by atoms with Gasteiger partial charge < -0.3 is 33.8 Å². The van der Waals surface area contributed by atoms with Gasteiger partial charge in [-0.25, -0.2) is 0 Å². The zero-order valence-corrected chi connectivity index (χ0v) is 65.1. The second kappa shape index (κ2) is 40.1. The van der Waals surface area contributed by atoms with Crippen LogP contribution in [-0.4, -0.2) is 31.1 Å². The smallest absolute Gasteiger partial charge is 0.423 e. The van der Waals surface area contributed by atoms with Gasteiger partial charge in [0.05, 0.1) is 22.7 Å². The molecule has 14 heteroatoms. The van der Waals surface area contributed by atoms with E-state index in [4.69, 9.17) is 14.2 Å². The summed E-state index contributed by atoms with van der Waals surface area (Å²) in [4.78, 5) is 8.48. The van der Waals surface area contributed by atoms with Crippen LogP contribution in [0.5, 0.6) is 5.75 Å². The molecule has 600 valence electrons. The molecule has 0 amide bonds. The van der Waals surface area contributed by atoms with Gasteiger partial charge in [0.15, 0.2) is 5.75 Å². The first-order valence-electron chi connectivity index (χ1n) is 38.6. The van der Waals surface area contributed by atoms with E-state index >= 15 is 0 Å². The Labute approximate surface area is 709 Å². The van der Waals surface area contributed by atoms with Crippen molar-refractivity contribution < 1.29 is 35.8 Å². The number of alkyl halides is 3. The Bertz CT molecular complexity index is 5950. The summed E-state index contributed by atoms with van der Waals surface area (Å²) < 4.78 is 72.1. The molecule has 0 aliphatic rings. The van der Waals surface area contributed by atoms with Gasteiger partial charge in [0, 0.05) is 56.6 Å². The van der Waals surface area contributed by atoms with Gasteiger partial charge in [-0.15, -0.1) is 0 Å². The van der Waals surface area contributed by atoms with E-state index < -0.39 is 28.5 Å². The molecule has 0 aliphatic heterocycles. The number of para-hydroxylation sites is 4. The maximum Gasteiger partial charge on any atom is 0.534 e. The van der Waals surface area contributed by atoms with Gasteiger partial charge in [-0.05, 0) is 195 Å². The topological polar surface area (TPSA) is 96.8 Å². The van der Waals surface area contributed by atoms with Crippen molar-refractivity contribution in [3.63, 3.8) is 0 Å². The number of hydrogen-bond donors (Lipinski definition) is 2. The molecular weight excluding hydrogens is 1520 g/mol. The molecule has 0 saturated carbocycles. The predicted molar refractivity (Wildman–Crippen MR) is 501 cm³/mol. The van der Waals surface area contributed by atoms with E-state index in [-0.39, 0.29) is 28.0 Å². The summed E-state index contributed by atoms with van der Waals surface area (Å²) in [6, 6.07) is 152. The largest absolute Gasteiger partial charge is 0.534 e. The second-order valence-corrected chi connectivity index (χ2v) is 29.4. The molecular formula is C107H92BF3N4O5S. The number of aryl methyl sites for hydroxylation is 1. The van der Waals surface area contributed by atoms with E-state index in [9.17, 15) is 21.6 Å². The highest BCUT2D eigenvalue weighted by Gasteiger charge is 2.49. The Morgan fingerprint density at radius 2 is 0.463 bits per heavy atom. The van der Waals surface area contributed by atoms with Gasteiger partial charge in [0.25, 0.3) is 0 Å². The van der Waals surface area contributed by atoms with Gasteiger partial charge >= 0.3 is 22.7 Å². The van der Waals surface area contributed by atoms with E-state index in [1.807, 2.05) is 181 Å². The van der Waals surface area contributed by atoms with Crippen molar-refractivity contribution in [2.24, 2.45) is 0 Å². The van der Waals surface area contributed by atoms with Crippen molar-refractivity contribution in [1.82, 2.24) is 0 Å². The fourth-order valence-corrected chi connectivity index (χ4v) is 14.8. The summed E-state index contributed by atoms with van der Waals surface area (Å²) in [5, 5.41) is 17.2. The fourth-order valence-electron chi connectivity index (χ4n) is 14.3. The molecule has 0 fully saturated rings. The third-order valence-corrected chi connectivity index (χ3v) is 21.1. The molecule has 0 heterocycles. The summed E-state index contributed by atoms with van der Waals surface area (Å²) in [6.45, 7) is 1.71. The van der Waals surface area contributed by atoms with Crippen LogP contribution in [0.1, 0.15) is 27.8 Å². The van der Waals surface area contributed by atoms with Crippen molar-refractivity contribution in [3.05, 3.63) is 461 Å². The Hall–Kier alpha value is -14.5. The molecule has 0 aromatic heterocycles. The molecule has 0 spiro atoms. The lowest BCUT2D eigenvalue weighted by atomic mass is 9.81. The number of benzene rings is 17. The molecule has 17 aromatic carbocycles. The molecule has 0 aliphatic carbocycles. The maximum absolute atomic E-state index is 13.9. The molecule has 0 atom stereocenters. The summed E-state index contributed by atoms with van der Waals surface area (Å²) in [5.41, 5.74) is 18.3. The highest BCUT2D eigenvalue weighted by molar-refractivity contribution is 7.88. The minimum Gasteiger partial charge on any atom is -0.423 e. The highest BCUT2D eigenvalue weighted by Crippen LogP contribution is 2.52. The van der Waals surface area contributed by atoms with Crippen LogP contribution in [-0.2, 0) is 10.1 Å². The van der Waals surface area contributed by atoms with Crippen LogP contribution >= 0.6 is 0 Å². The Balaban J connectivity index is 0.000000196. The monoisotopic (exact) mass is 1610 g/mol. The summed E-state index contributed by atoms with van der Waals surface area (Å²) in [6.07, 6.45) is 0. The molecule has 121 heavy (non-hydrogen) atoms. The highest BCUT2D eigenvalue weighted by atomic mass is 32.2. The number of anilines is 12. The van der Waals surface area contributed by atoms with Crippen molar-refractivity contribution in [2.75, 3.05) is 19.6 Å². The van der Waals surface area contributed by atoms with Crippen LogP contribution in [0.2, 0.25) is 0 Å². The SMILES string of the molecule is C.C.C.Cc1cc(OS(=O)(=O)C(F)(F)F)c(N(c2ccc(-c3ccccc3)cc2)c2ccc(-c3ccccc3)cc2)cc1N(c1ccccc1)c1ccccc1.OB(O)c1ccccc1.c1ccc(-c2ccc(N(c3ccc(-c4ccccc4)cc3)c3cc(N(c4ccccc4)c4ccccc4)c(-c4ccccc4)cc3-c3ccccc3)cc2)cc1. The molecule has 9 nitrogen and oxygen atoms in total. The van der Waals surface area contributed by atoms with Crippen molar-refractivity contribution >= 4 is 90.9 Å². The summed E-state index contributed by atoms with van der Waals surface area (Å²) in [5.74, 6) is -0.482. The van der Waals surface area contributed by atoms with Gasteiger partial charge in [0.2, 0.25) is 0 Å². The third-order valence-electron chi connectivity index (χ3n) is 20.1. The normalized spacial score (nSPS) is 10.8. The van der Waals surface area contributed by atoms with Crippen LogP contribution in [0.4, 0.5) is 81.4 Å². The first-order chi connectivity index (χ1) is 57.7. The van der Waals surface area contributed by atoms with Crippen LogP contribution in [0.3, 0.4) is 0 Å². The quantitative estimate of drug-likeness (QED) is 0.0414. The summed E-state index contributed by atoms with van der Waals surface area (Å²) >= 11 is 0. The molecule has 17 rings (SSSR count). The van der Waals surface area contributed by atoms with Gasteiger partial charge in [-0.3, -0.25) is 0 Å². The lowest BCUT2D eigenvalue weighted by molar-refractivity contribution is -0.0499. The van der Waals surface area contributed by atoms with Gasteiger partial charge in [-0.2, -0.15) is 21.6 Å². The number of halogens is 3. The second-order valence-electron chi connectivity index (χ2n) is 27.8. The van der Waals surface area contributed by atoms with Gasteiger partial charge in [-0.1, -0.05) is 356 Å². The number of nitrogens with zero attached hydrogens (tertiary/aromatic N) is 4. The molecule has 17 aromatic rings. The van der Waals surface area contributed by atoms with Gasteiger partial charge in [0.1, 0.15) is 0 Å². The lowest BCUT2D eigenvalue weighted by Gasteiger charge is -2.33. The Morgan fingerprint density at radius 3 is 0.711 bits per heavy atom. The van der Waals surface area contributed by atoms with Crippen LogP contribution in [0.15, 0.2) is 455 Å². The van der Waals surface area contributed by atoms with Crippen molar-refractivity contribution in [1.29, 1.82) is 0 Å². The molecule has 0 unspecified atom stereocenters. The zero-order valence-electron chi connectivity index (χ0n) is 64.3.